The summed E-state index contributed by atoms with van der Waals surface area (Å²) in [5.74, 6) is -1.16. The van der Waals surface area contributed by atoms with Gasteiger partial charge in [0.2, 0.25) is 0 Å². The molecule has 1 aromatic carbocycles. The largest absolute Gasteiger partial charge is 0.478 e. The summed E-state index contributed by atoms with van der Waals surface area (Å²) in [6.45, 7) is 5.22. The number of carboxylic acid groups (broad SMARTS) is 2. The van der Waals surface area contributed by atoms with Crippen LogP contribution < -0.4 is 0 Å². The molecule has 0 aliphatic rings. The summed E-state index contributed by atoms with van der Waals surface area (Å²) < 4.78 is 8.11. The summed E-state index contributed by atoms with van der Waals surface area (Å²) >= 11 is 1.31. The lowest BCUT2D eigenvalue weighted by atomic mass is 10.1. The fourth-order valence-electron chi connectivity index (χ4n) is 3.17. The zero-order valence-corrected chi connectivity index (χ0v) is 17.1. The molecule has 0 spiro atoms. The normalized spacial score (nSPS) is 11.8. The van der Waals surface area contributed by atoms with Crippen molar-refractivity contribution >= 4 is 50.6 Å². The van der Waals surface area contributed by atoms with Crippen molar-refractivity contribution in [3.05, 3.63) is 41.3 Å². The molecule has 0 radical (unpaired) electrons. The molecular formula is C20H17N3O6S. The minimum atomic E-state index is -1.29. The van der Waals surface area contributed by atoms with Crippen molar-refractivity contribution in [2.75, 3.05) is 0 Å². The van der Waals surface area contributed by atoms with E-state index in [1.807, 2.05) is 0 Å². The van der Waals surface area contributed by atoms with Crippen molar-refractivity contribution < 1.29 is 29.3 Å². The van der Waals surface area contributed by atoms with Crippen molar-refractivity contribution in [2.24, 2.45) is 0 Å². The molecule has 0 bridgehead atoms. The first-order chi connectivity index (χ1) is 14.1. The highest BCUT2D eigenvalue weighted by atomic mass is 32.1. The van der Waals surface area contributed by atoms with Gasteiger partial charge in [0.25, 0.3) is 0 Å². The lowest BCUT2D eigenvalue weighted by Crippen LogP contribution is -2.27. The summed E-state index contributed by atoms with van der Waals surface area (Å²) in [6.07, 6.45) is -1.97. The molecular weight excluding hydrogens is 410 g/mol. The number of hydrogen-bond donors (Lipinski definition) is 2. The summed E-state index contributed by atoms with van der Waals surface area (Å²) in [7, 11) is 0. The van der Waals surface area contributed by atoms with Crippen LogP contribution in [0.25, 0.3) is 32.5 Å². The topological polar surface area (TPSA) is 124 Å². The maximum atomic E-state index is 12.6. The number of aromatic nitrogens is 3. The van der Waals surface area contributed by atoms with E-state index in [-0.39, 0.29) is 16.8 Å². The highest BCUT2D eigenvalue weighted by molar-refractivity contribution is 7.17. The Morgan fingerprint density at radius 2 is 1.80 bits per heavy atom. The standard InChI is InChI=1S/C20H17N3O6S/c1-20(2,3)29-19(28)23-12-6-7-30-16(12)15(21-23)14-8-10-4-5-11(17(24)25)9-13(10)22(14)18(26)27/h4-9H,1-3H3,(H,24,25)(H,26,27). The van der Waals surface area contributed by atoms with E-state index >= 15 is 0 Å². The molecule has 0 saturated carbocycles. The van der Waals surface area contributed by atoms with E-state index in [0.29, 0.717) is 21.3 Å². The number of hydrogen-bond acceptors (Lipinski definition) is 6. The van der Waals surface area contributed by atoms with Crippen molar-refractivity contribution in [1.82, 2.24) is 14.3 Å². The fraction of sp³-hybridized carbons (Fsp3) is 0.200. The molecule has 0 fully saturated rings. The average Bonchev–Trinajstić information content (AvgIpc) is 3.31. The fourth-order valence-corrected chi connectivity index (χ4v) is 4.04. The van der Waals surface area contributed by atoms with Gasteiger partial charge in [-0.15, -0.1) is 11.3 Å². The van der Waals surface area contributed by atoms with E-state index in [9.17, 15) is 24.6 Å². The van der Waals surface area contributed by atoms with Crippen molar-refractivity contribution in [3.8, 4) is 11.4 Å². The first-order valence-corrected chi connectivity index (χ1v) is 9.77. The van der Waals surface area contributed by atoms with Gasteiger partial charge in [0.1, 0.15) is 11.3 Å². The molecule has 0 amide bonds. The maximum absolute atomic E-state index is 12.6. The second-order valence-electron chi connectivity index (χ2n) is 7.60. The van der Waals surface area contributed by atoms with Crippen LogP contribution in [-0.4, -0.2) is 48.3 Å². The molecule has 0 unspecified atom stereocenters. The van der Waals surface area contributed by atoms with E-state index in [0.717, 1.165) is 9.25 Å². The van der Waals surface area contributed by atoms with Crippen molar-refractivity contribution in [2.45, 2.75) is 26.4 Å². The summed E-state index contributed by atoms with van der Waals surface area (Å²) in [5, 5.41) is 25.7. The van der Waals surface area contributed by atoms with Gasteiger partial charge in [0.15, 0.2) is 0 Å². The van der Waals surface area contributed by atoms with Gasteiger partial charge in [-0.05, 0) is 50.4 Å². The highest BCUT2D eigenvalue weighted by Gasteiger charge is 2.26. The smallest absolute Gasteiger partial charge is 0.435 e. The number of carbonyl (C=O) groups excluding carboxylic acids is 1. The number of ether oxygens (including phenoxy) is 1. The molecule has 0 aliphatic carbocycles. The third kappa shape index (κ3) is 3.20. The zero-order chi connectivity index (χ0) is 21.8. The van der Waals surface area contributed by atoms with Crippen LogP contribution in [0.1, 0.15) is 31.1 Å². The molecule has 0 atom stereocenters. The van der Waals surface area contributed by atoms with Crippen LogP contribution in [-0.2, 0) is 4.74 Å². The van der Waals surface area contributed by atoms with Gasteiger partial charge in [-0.25, -0.2) is 19.0 Å². The predicted molar refractivity (Wildman–Crippen MR) is 111 cm³/mol. The Kier molecular flexibility index (Phi) is 4.39. The molecule has 3 aromatic heterocycles. The minimum Gasteiger partial charge on any atom is -0.478 e. The van der Waals surface area contributed by atoms with Crippen LogP contribution in [0.3, 0.4) is 0 Å². The molecule has 154 valence electrons. The average molecular weight is 427 g/mol. The Labute approximate surface area is 173 Å². The Bertz CT molecular complexity index is 1340. The molecule has 0 saturated heterocycles. The van der Waals surface area contributed by atoms with Gasteiger partial charge in [-0.2, -0.15) is 9.78 Å². The lowest BCUT2D eigenvalue weighted by Gasteiger charge is -2.19. The van der Waals surface area contributed by atoms with Crippen LogP contribution in [0.2, 0.25) is 0 Å². The van der Waals surface area contributed by atoms with E-state index in [4.69, 9.17) is 4.74 Å². The lowest BCUT2D eigenvalue weighted by molar-refractivity contribution is 0.0522. The summed E-state index contributed by atoms with van der Waals surface area (Å²) in [4.78, 5) is 36.0. The number of carboxylic acids is 1. The quantitative estimate of drug-likeness (QED) is 0.474. The molecule has 9 nitrogen and oxygen atoms in total. The monoisotopic (exact) mass is 427 g/mol. The Balaban J connectivity index is 1.96. The maximum Gasteiger partial charge on any atom is 0.435 e. The molecule has 10 heteroatoms. The van der Waals surface area contributed by atoms with E-state index in [2.05, 4.69) is 5.10 Å². The van der Waals surface area contributed by atoms with Gasteiger partial charge in [-0.1, -0.05) is 6.07 Å². The minimum absolute atomic E-state index is 0.0322. The van der Waals surface area contributed by atoms with Crippen LogP contribution in [0, 0.1) is 0 Å². The van der Waals surface area contributed by atoms with Crippen LogP contribution in [0.5, 0.6) is 0 Å². The second-order valence-corrected chi connectivity index (χ2v) is 8.52. The van der Waals surface area contributed by atoms with Gasteiger partial charge in [0, 0.05) is 5.39 Å². The van der Waals surface area contributed by atoms with E-state index < -0.39 is 23.8 Å². The molecule has 4 rings (SSSR count). The molecule has 4 aromatic rings. The third-order valence-corrected chi connectivity index (χ3v) is 5.25. The number of nitrogens with zero attached hydrogens (tertiary/aromatic N) is 3. The summed E-state index contributed by atoms with van der Waals surface area (Å²) in [6, 6.07) is 7.55. The van der Waals surface area contributed by atoms with E-state index in [1.54, 1.807) is 38.3 Å². The van der Waals surface area contributed by atoms with Crippen molar-refractivity contribution in [3.63, 3.8) is 0 Å². The number of carbonyl (C=O) groups is 3. The highest BCUT2D eigenvalue weighted by Crippen LogP contribution is 2.36. The SMILES string of the molecule is CC(C)(C)OC(=O)n1nc(-c2cc3ccc(C(=O)O)cc3n2C(=O)O)c2sccc21. The van der Waals surface area contributed by atoms with Gasteiger partial charge < -0.3 is 14.9 Å². The Hall–Kier alpha value is -3.66. The third-order valence-electron chi connectivity index (χ3n) is 4.34. The number of rotatable bonds is 2. The Morgan fingerprint density at radius 1 is 1.07 bits per heavy atom. The van der Waals surface area contributed by atoms with E-state index in [1.165, 1.54) is 29.5 Å². The number of aromatic carboxylic acids is 1. The van der Waals surface area contributed by atoms with Crippen LogP contribution >= 0.6 is 11.3 Å². The van der Waals surface area contributed by atoms with Gasteiger partial charge in [0.05, 0.1) is 27.0 Å². The molecule has 3 heterocycles. The molecule has 0 aliphatic heterocycles. The van der Waals surface area contributed by atoms with Gasteiger partial charge in [-0.3, -0.25) is 0 Å². The number of benzene rings is 1. The summed E-state index contributed by atoms with van der Waals surface area (Å²) in [5.41, 5.74) is 0.479. The molecule has 30 heavy (non-hydrogen) atoms. The molecule has 2 N–H and O–H groups in total. The van der Waals surface area contributed by atoms with Crippen LogP contribution in [0.15, 0.2) is 35.7 Å². The Morgan fingerprint density at radius 3 is 2.43 bits per heavy atom. The first kappa shape index (κ1) is 19.6. The van der Waals surface area contributed by atoms with Gasteiger partial charge >= 0.3 is 18.2 Å². The second kappa shape index (κ2) is 6.70. The first-order valence-electron chi connectivity index (χ1n) is 8.89. The zero-order valence-electron chi connectivity index (χ0n) is 16.2. The van der Waals surface area contributed by atoms with Crippen LogP contribution in [0.4, 0.5) is 9.59 Å². The predicted octanol–water partition coefficient (Wildman–Crippen LogP) is 4.73. The number of thiophene rings is 1. The number of fused-ring (bicyclic) bond motifs is 2. The van der Waals surface area contributed by atoms with Crippen molar-refractivity contribution in [1.29, 1.82) is 0 Å².